The first-order valence-corrected chi connectivity index (χ1v) is 11.0. The predicted octanol–water partition coefficient (Wildman–Crippen LogP) is 4.90. The van der Waals surface area contributed by atoms with Gasteiger partial charge in [0.05, 0.1) is 12.7 Å². The summed E-state index contributed by atoms with van der Waals surface area (Å²) in [6.45, 7) is 2.67. The minimum absolute atomic E-state index is 0.118. The number of thiophene rings is 1. The first-order chi connectivity index (χ1) is 13.7. The van der Waals surface area contributed by atoms with Gasteiger partial charge in [-0.05, 0) is 59.6 Å². The lowest BCUT2D eigenvalue weighted by Crippen LogP contribution is -2.25. The molecule has 0 fully saturated rings. The average Bonchev–Trinajstić information content (AvgIpc) is 3.36. The molecule has 28 heavy (non-hydrogen) atoms. The van der Waals surface area contributed by atoms with E-state index in [1.54, 1.807) is 43.2 Å². The fraction of sp³-hybridized carbons (Fsp3) is 0.286. The maximum atomic E-state index is 12.4. The lowest BCUT2D eigenvalue weighted by atomic mass is 10.2. The van der Waals surface area contributed by atoms with Crippen LogP contribution in [0.2, 0.25) is 0 Å². The Morgan fingerprint density at radius 1 is 1.21 bits per heavy atom. The Morgan fingerprint density at radius 2 is 2.00 bits per heavy atom. The average molecular weight is 418 g/mol. The Hall–Kier alpha value is -2.38. The smallest absolute Gasteiger partial charge is 0.254 e. The van der Waals surface area contributed by atoms with Gasteiger partial charge in [-0.15, -0.1) is 0 Å². The minimum atomic E-state index is -0.118. The van der Waals surface area contributed by atoms with Gasteiger partial charge in [-0.2, -0.15) is 23.1 Å². The van der Waals surface area contributed by atoms with E-state index < -0.39 is 0 Å². The van der Waals surface area contributed by atoms with Gasteiger partial charge in [-0.1, -0.05) is 0 Å². The molecule has 0 atom stereocenters. The van der Waals surface area contributed by atoms with Crippen LogP contribution in [0.5, 0.6) is 11.5 Å². The number of methoxy groups -OCH3 is 1. The molecule has 2 aromatic heterocycles. The zero-order chi connectivity index (χ0) is 19.8. The molecule has 0 aliphatic carbocycles. The van der Waals surface area contributed by atoms with Crippen molar-refractivity contribution >= 4 is 29.0 Å². The highest BCUT2D eigenvalue weighted by Gasteiger charge is 2.15. The predicted molar refractivity (Wildman–Crippen MR) is 114 cm³/mol. The van der Waals surface area contributed by atoms with Gasteiger partial charge in [-0.3, -0.25) is 4.79 Å². The molecular weight excluding hydrogens is 394 g/mol. The van der Waals surface area contributed by atoms with Crippen molar-refractivity contribution < 1.29 is 18.7 Å². The zero-order valence-corrected chi connectivity index (χ0v) is 17.5. The highest BCUT2D eigenvalue weighted by atomic mass is 32.2. The molecule has 3 aromatic rings. The summed E-state index contributed by atoms with van der Waals surface area (Å²) in [6.07, 6.45) is 0. The van der Waals surface area contributed by atoms with Crippen LogP contribution < -0.4 is 14.8 Å². The summed E-state index contributed by atoms with van der Waals surface area (Å²) in [5, 5.41) is 7.18. The number of furan rings is 1. The fourth-order valence-electron chi connectivity index (χ4n) is 2.56. The minimum Gasteiger partial charge on any atom is -0.497 e. The van der Waals surface area contributed by atoms with Crippen LogP contribution in [0.4, 0.5) is 0 Å². The van der Waals surface area contributed by atoms with Crippen LogP contribution in [0.25, 0.3) is 0 Å². The summed E-state index contributed by atoms with van der Waals surface area (Å²) >= 11 is 3.51. The highest BCUT2D eigenvalue weighted by Crippen LogP contribution is 2.20. The van der Waals surface area contributed by atoms with Gasteiger partial charge in [0.1, 0.15) is 29.6 Å². The van der Waals surface area contributed by atoms with Crippen molar-refractivity contribution in [2.75, 3.05) is 19.4 Å². The lowest BCUT2D eigenvalue weighted by molar-refractivity contribution is 0.0954. The van der Waals surface area contributed by atoms with Crippen LogP contribution in [-0.2, 0) is 12.4 Å². The molecule has 0 aliphatic heterocycles. The van der Waals surface area contributed by atoms with E-state index in [4.69, 9.17) is 13.9 Å². The van der Waals surface area contributed by atoms with Crippen molar-refractivity contribution in [3.63, 3.8) is 0 Å². The van der Waals surface area contributed by atoms with Crippen molar-refractivity contribution in [3.05, 3.63) is 69.8 Å². The first kappa shape index (κ1) is 20.4. The van der Waals surface area contributed by atoms with Crippen LogP contribution in [0.1, 0.15) is 27.4 Å². The fourth-order valence-corrected chi connectivity index (χ4v) is 4.14. The van der Waals surface area contributed by atoms with E-state index in [0.29, 0.717) is 29.4 Å². The third kappa shape index (κ3) is 5.81. The van der Waals surface area contributed by atoms with Crippen molar-refractivity contribution in [3.8, 4) is 11.5 Å². The quantitative estimate of drug-likeness (QED) is 0.476. The number of carbonyl (C=O) groups excluding carboxylic acids is 1. The van der Waals surface area contributed by atoms with E-state index in [1.807, 2.05) is 24.3 Å². The molecule has 0 bridgehead atoms. The number of ether oxygens (including phenoxy) is 2. The maximum absolute atomic E-state index is 12.4. The molecule has 3 rings (SSSR count). The van der Waals surface area contributed by atoms with Crippen LogP contribution >= 0.6 is 23.1 Å². The number of hydrogen-bond acceptors (Lipinski definition) is 6. The van der Waals surface area contributed by atoms with E-state index >= 15 is 0 Å². The second-order valence-corrected chi connectivity index (χ2v) is 7.97. The summed E-state index contributed by atoms with van der Waals surface area (Å²) in [6, 6.07) is 11.2. The molecule has 1 amide bonds. The van der Waals surface area contributed by atoms with Gasteiger partial charge >= 0.3 is 0 Å². The van der Waals surface area contributed by atoms with Gasteiger partial charge in [0, 0.05) is 18.1 Å². The third-order valence-corrected chi connectivity index (χ3v) is 5.80. The van der Waals surface area contributed by atoms with Crippen LogP contribution in [0, 0.1) is 6.92 Å². The molecule has 148 valence electrons. The summed E-state index contributed by atoms with van der Waals surface area (Å²) < 4.78 is 16.5. The number of nitrogens with one attached hydrogen (secondary N) is 1. The number of hydrogen-bond donors (Lipinski definition) is 1. The summed E-state index contributed by atoms with van der Waals surface area (Å²) in [5.41, 5.74) is 1.88. The van der Waals surface area contributed by atoms with Gasteiger partial charge in [0.15, 0.2) is 0 Å². The molecule has 0 spiro atoms. The number of carbonyl (C=O) groups is 1. The second kappa shape index (κ2) is 10.2. The number of amides is 1. The van der Waals surface area contributed by atoms with Gasteiger partial charge in [-0.25, -0.2) is 0 Å². The molecule has 5 nitrogen and oxygen atoms in total. The van der Waals surface area contributed by atoms with E-state index in [1.165, 1.54) is 5.56 Å². The molecule has 1 N–H and O–H groups in total. The van der Waals surface area contributed by atoms with E-state index in [9.17, 15) is 4.79 Å². The molecule has 0 aliphatic rings. The standard InChI is InChI=1S/C21H23NO4S2/c1-15-20(21(23)22-8-10-28-14-16-7-9-27-13-16)11-19(26-15)12-25-18-5-3-17(24-2)4-6-18/h3-7,9,11,13H,8,10,12,14H2,1-2H3,(H,22,23). The Morgan fingerprint density at radius 3 is 2.71 bits per heavy atom. The van der Waals surface area contributed by atoms with Crippen molar-refractivity contribution in [2.45, 2.75) is 19.3 Å². The maximum Gasteiger partial charge on any atom is 0.254 e. The molecule has 0 saturated heterocycles. The molecule has 1 aromatic carbocycles. The second-order valence-electron chi connectivity index (χ2n) is 6.09. The van der Waals surface area contributed by atoms with E-state index in [-0.39, 0.29) is 12.5 Å². The number of aryl methyl sites for hydroxylation is 1. The molecule has 0 unspecified atom stereocenters. The summed E-state index contributed by atoms with van der Waals surface area (Å²) in [4.78, 5) is 12.4. The van der Waals surface area contributed by atoms with Gasteiger partial charge in [0.2, 0.25) is 0 Å². The molecule has 7 heteroatoms. The monoisotopic (exact) mass is 417 g/mol. The highest BCUT2D eigenvalue weighted by molar-refractivity contribution is 7.98. The van der Waals surface area contributed by atoms with Crippen molar-refractivity contribution in [1.82, 2.24) is 5.32 Å². The normalized spacial score (nSPS) is 10.6. The van der Waals surface area contributed by atoms with Gasteiger partial charge < -0.3 is 19.2 Å². The molecule has 0 saturated carbocycles. The Kier molecular flexibility index (Phi) is 7.45. The van der Waals surface area contributed by atoms with Crippen molar-refractivity contribution in [2.24, 2.45) is 0 Å². The SMILES string of the molecule is COc1ccc(OCc2cc(C(=O)NCCSCc3ccsc3)c(C)o2)cc1. The number of benzene rings is 1. The van der Waals surface area contributed by atoms with Crippen LogP contribution in [0.15, 0.2) is 51.6 Å². The largest absolute Gasteiger partial charge is 0.497 e. The van der Waals surface area contributed by atoms with Crippen LogP contribution in [0.3, 0.4) is 0 Å². The third-order valence-electron chi connectivity index (χ3n) is 4.03. The van der Waals surface area contributed by atoms with Gasteiger partial charge in [0.25, 0.3) is 5.91 Å². The Balaban J connectivity index is 1.43. The first-order valence-electron chi connectivity index (χ1n) is 8.89. The van der Waals surface area contributed by atoms with E-state index in [0.717, 1.165) is 17.3 Å². The zero-order valence-electron chi connectivity index (χ0n) is 15.9. The lowest BCUT2D eigenvalue weighted by Gasteiger charge is -2.05. The van der Waals surface area contributed by atoms with Crippen LogP contribution in [-0.4, -0.2) is 25.3 Å². The molecule has 2 heterocycles. The Labute approximate surface area is 173 Å². The topological polar surface area (TPSA) is 60.7 Å². The number of thioether (sulfide) groups is 1. The number of rotatable bonds is 10. The summed E-state index contributed by atoms with van der Waals surface area (Å²) in [5.74, 6) is 4.41. The molecular formula is C21H23NO4S2. The van der Waals surface area contributed by atoms with Crippen molar-refractivity contribution in [1.29, 1.82) is 0 Å². The van der Waals surface area contributed by atoms with E-state index in [2.05, 4.69) is 22.1 Å². The molecule has 0 radical (unpaired) electrons. The Bertz CT molecular complexity index is 872. The summed E-state index contributed by atoms with van der Waals surface area (Å²) in [7, 11) is 1.62.